The van der Waals surface area contributed by atoms with E-state index in [2.05, 4.69) is 0 Å². The molecule has 2 aromatic carbocycles. The molecule has 2 amide bonds. The van der Waals surface area contributed by atoms with Crippen molar-refractivity contribution in [1.82, 2.24) is 9.80 Å². The second-order valence-electron chi connectivity index (χ2n) is 7.73. The topological polar surface area (TPSA) is 70.1 Å². The second-order valence-corrected chi connectivity index (χ2v) is 7.73. The highest BCUT2D eigenvalue weighted by Crippen LogP contribution is 2.33. The molecule has 152 valence electrons. The van der Waals surface area contributed by atoms with Crippen LogP contribution in [-0.2, 0) is 0 Å². The molecular formula is C23H26N2O4. The predicted molar refractivity (Wildman–Crippen MR) is 109 cm³/mol. The van der Waals surface area contributed by atoms with Crippen LogP contribution in [0.1, 0.15) is 42.5 Å². The summed E-state index contributed by atoms with van der Waals surface area (Å²) in [7, 11) is 0. The van der Waals surface area contributed by atoms with E-state index in [1.54, 1.807) is 6.07 Å². The molecule has 1 aliphatic heterocycles. The Labute approximate surface area is 170 Å². The van der Waals surface area contributed by atoms with Gasteiger partial charge in [-0.05, 0) is 43.5 Å². The van der Waals surface area contributed by atoms with Gasteiger partial charge in [0.15, 0.2) is 0 Å². The quantitative estimate of drug-likeness (QED) is 0.804. The Morgan fingerprint density at radius 1 is 0.931 bits per heavy atom. The van der Waals surface area contributed by atoms with Crippen molar-refractivity contribution in [3.63, 3.8) is 0 Å². The van der Waals surface area contributed by atoms with Crippen molar-refractivity contribution in [3.8, 4) is 11.5 Å². The molecule has 1 saturated heterocycles. The smallest absolute Gasteiger partial charge is 0.407 e. The van der Waals surface area contributed by atoms with Crippen LogP contribution in [0.4, 0.5) is 4.79 Å². The molecule has 0 aromatic heterocycles. The number of rotatable bonds is 5. The van der Waals surface area contributed by atoms with Crippen molar-refractivity contribution in [3.05, 3.63) is 60.2 Å². The first-order valence-corrected chi connectivity index (χ1v) is 10.3. The van der Waals surface area contributed by atoms with Gasteiger partial charge in [-0.2, -0.15) is 0 Å². The van der Waals surface area contributed by atoms with Crippen molar-refractivity contribution in [2.45, 2.75) is 44.2 Å². The molecule has 0 radical (unpaired) electrons. The minimum Gasteiger partial charge on any atom is -0.465 e. The number of benzene rings is 2. The first-order chi connectivity index (χ1) is 14.1. The third-order valence-corrected chi connectivity index (χ3v) is 5.87. The van der Waals surface area contributed by atoms with Crippen LogP contribution in [0.2, 0.25) is 0 Å². The Balaban J connectivity index is 1.62. The van der Waals surface area contributed by atoms with Crippen LogP contribution in [0.3, 0.4) is 0 Å². The summed E-state index contributed by atoms with van der Waals surface area (Å²) < 4.78 is 6.01. The number of likely N-dealkylation sites (tertiary alicyclic amines) is 1. The van der Waals surface area contributed by atoms with Gasteiger partial charge in [-0.3, -0.25) is 4.79 Å². The highest BCUT2D eigenvalue weighted by Gasteiger charge is 2.38. The first-order valence-electron chi connectivity index (χ1n) is 10.3. The summed E-state index contributed by atoms with van der Waals surface area (Å²) >= 11 is 0. The Hall–Kier alpha value is -3.02. The van der Waals surface area contributed by atoms with E-state index in [1.165, 1.54) is 4.90 Å². The number of ether oxygens (including phenoxy) is 1. The van der Waals surface area contributed by atoms with Gasteiger partial charge in [0.2, 0.25) is 0 Å². The van der Waals surface area contributed by atoms with Crippen molar-refractivity contribution in [1.29, 1.82) is 0 Å². The average Bonchev–Trinajstić information content (AvgIpc) is 3.42. The molecule has 6 heteroatoms. The minimum absolute atomic E-state index is 0.0688. The molecule has 1 aliphatic carbocycles. The fourth-order valence-electron chi connectivity index (χ4n) is 4.44. The van der Waals surface area contributed by atoms with E-state index in [0.29, 0.717) is 36.6 Å². The van der Waals surface area contributed by atoms with Gasteiger partial charge < -0.3 is 19.6 Å². The van der Waals surface area contributed by atoms with Gasteiger partial charge in [0, 0.05) is 19.1 Å². The third kappa shape index (κ3) is 4.21. The van der Waals surface area contributed by atoms with Gasteiger partial charge in [-0.25, -0.2) is 4.79 Å². The van der Waals surface area contributed by atoms with Crippen molar-refractivity contribution in [2.24, 2.45) is 0 Å². The zero-order chi connectivity index (χ0) is 20.2. The summed E-state index contributed by atoms with van der Waals surface area (Å²) in [5.41, 5.74) is 0.525. The monoisotopic (exact) mass is 394 g/mol. The summed E-state index contributed by atoms with van der Waals surface area (Å²) in [4.78, 5) is 28.4. The Bertz CT molecular complexity index is 864. The fourth-order valence-corrected chi connectivity index (χ4v) is 4.44. The number of hydrogen-bond acceptors (Lipinski definition) is 3. The maximum absolute atomic E-state index is 13.7. The van der Waals surface area contributed by atoms with Crippen LogP contribution in [0.25, 0.3) is 0 Å². The molecule has 1 heterocycles. The van der Waals surface area contributed by atoms with Crippen molar-refractivity contribution >= 4 is 12.0 Å². The number of carboxylic acid groups (broad SMARTS) is 1. The second kappa shape index (κ2) is 8.55. The van der Waals surface area contributed by atoms with Crippen LogP contribution < -0.4 is 4.74 Å². The van der Waals surface area contributed by atoms with Gasteiger partial charge in [0.25, 0.3) is 5.91 Å². The zero-order valence-electron chi connectivity index (χ0n) is 16.4. The number of nitrogens with zero attached hydrogens (tertiary/aromatic N) is 2. The van der Waals surface area contributed by atoms with Gasteiger partial charge in [-0.15, -0.1) is 0 Å². The number of amides is 2. The number of hydrogen-bond donors (Lipinski definition) is 1. The molecule has 1 atom stereocenters. The Morgan fingerprint density at radius 2 is 1.62 bits per heavy atom. The summed E-state index contributed by atoms with van der Waals surface area (Å²) in [5.74, 6) is 1.14. The summed E-state index contributed by atoms with van der Waals surface area (Å²) in [6.45, 7) is 0.845. The molecular weight excluding hydrogens is 368 g/mol. The summed E-state index contributed by atoms with van der Waals surface area (Å²) in [6, 6.07) is 16.8. The van der Waals surface area contributed by atoms with E-state index in [4.69, 9.17) is 4.74 Å². The molecule has 2 aliphatic rings. The maximum Gasteiger partial charge on any atom is 0.407 e. The van der Waals surface area contributed by atoms with Crippen LogP contribution in [0, 0.1) is 0 Å². The van der Waals surface area contributed by atoms with Gasteiger partial charge in [-0.1, -0.05) is 43.2 Å². The summed E-state index contributed by atoms with van der Waals surface area (Å²) in [6.07, 6.45) is 3.90. The van der Waals surface area contributed by atoms with Crippen LogP contribution >= 0.6 is 0 Å². The third-order valence-electron chi connectivity index (χ3n) is 5.87. The average molecular weight is 394 g/mol. The van der Waals surface area contributed by atoms with Crippen LogP contribution in [0.5, 0.6) is 11.5 Å². The highest BCUT2D eigenvalue weighted by atomic mass is 16.5. The lowest BCUT2D eigenvalue weighted by Gasteiger charge is -2.35. The number of carbonyl (C=O) groups excluding carboxylic acids is 1. The SMILES string of the molecule is O=C(O)N1CCC(N(C(=O)c2ccccc2Oc2ccccc2)C2CCCC2)C1. The molecule has 0 spiro atoms. The minimum atomic E-state index is -0.917. The Kier molecular flexibility index (Phi) is 5.69. The largest absolute Gasteiger partial charge is 0.465 e. The molecule has 1 N–H and O–H groups in total. The lowest BCUT2D eigenvalue weighted by Crippen LogP contribution is -2.47. The first kappa shape index (κ1) is 19.3. The normalized spacial score (nSPS) is 19.3. The molecule has 2 fully saturated rings. The lowest BCUT2D eigenvalue weighted by molar-refractivity contribution is 0.0576. The lowest BCUT2D eigenvalue weighted by atomic mass is 10.1. The molecule has 6 nitrogen and oxygen atoms in total. The van der Waals surface area contributed by atoms with Crippen LogP contribution in [0.15, 0.2) is 54.6 Å². The molecule has 4 rings (SSSR count). The number of para-hydroxylation sites is 2. The van der Waals surface area contributed by atoms with E-state index in [-0.39, 0.29) is 18.0 Å². The van der Waals surface area contributed by atoms with E-state index < -0.39 is 6.09 Å². The fraction of sp³-hybridized carbons (Fsp3) is 0.391. The van der Waals surface area contributed by atoms with Crippen LogP contribution in [-0.4, -0.2) is 52.1 Å². The maximum atomic E-state index is 13.7. The van der Waals surface area contributed by atoms with E-state index in [1.807, 2.05) is 53.4 Å². The van der Waals surface area contributed by atoms with Crippen molar-refractivity contribution < 1.29 is 19.4 Å². The highest BCUT2D eigenvalue weighted by molar-refractivity contribution is 5.97. The van der Waals surface area contributed by atoms with Gasteiger partial charge in [0.05, 0.1) is 11.6 Å². The Morgan fingerprint density at radius 3 is 2.31 bits per heavy atom. The molecule has 1 unspecified atom stereocenters. The van der Waals surface area contributed by atoms with Crippen molar-refractivity contribution in [2.75, 3.05) is 13.1 Å². The van der Waals surface area contributed by atoms with Gasteiger partial charge >= 0.3 is 6.09 Å². The standard InChI is InChI=1S/C23H26N2O4/c26-22(20-12-6-7-13-21(20)29-19-10-2-1-3-11-19)25(17-8-4-5-9-17)18-14-15-24(16-18)23(27)28/h1-3,6-7,10-13,17-18H,4-5,8-9,14-16H2,(H,27,28). The van der Waals surface area contributed by atoms with E-state index >= 15 is 0 Å². The molecule has 0 bridgehead atoms. The predicted octanol–water partition coefficient (Wildman–Crippen LogP) is 4.62. The van der Waals surface area contributed by atoms with Gasteiger partial charge in [0.1, 0.15) is 11.5 Å². The molecule has 2 aromatic rings. The number of carbonyl (C=O) groups is 2. The zero-order valence-corrected chi connectivity index (χ0v) is 16.4. The van der Waals surface area contributed by atoms with E-state index in [9.17, 15) is 14.7 Å². The van der Waals surface area contributed by atoms with E-state index in [0.717, 1.165) is 25.7 Å². The molecule has 1 saturated carbocycles. The summed E-state index contributed by atoms with van der Waals surface area (Å²) in [5, 5.41) is 9.34. The molecule has 29 heavy (non-hydrogen) atoms.